The number of rotatable bonds is 5. The number of ether oxygens (including phenoxy) is 2. The molecule has 7 nitrogen and oxygen atoms in total. The van der Waals surface area contributed by atoms with E-state index in [0.29, 0.717) is 12.3 Å². The van der Waals surface area contributed by atoms with Gasteiger partial charge in [0.2, 0.25) is 0 Å². The average molecular weight is 237 g/mol. The van der Waals surface area contributed by atoms with Crippen molar-refractivity contribution in [1.82, 2.24) is 19.6 Å². The zero-order valence-electron chi connectivity index (χ0n) is 10.0. The quantitative estimate of drug-likeness (QED) is 0.762. The molecule has 0 radical (unpaired) electrons. The van der Waals surface area contributed by atoms with Crippen LogP contribution in [0.3, 0.4) is 0 Å². The van der Waals surface area contributed by atoms with Gasteiger partial charge in [-0.25, -0.2) is 4.98 Å². The lowest BCUT2D eigenvalue weighted by molar-refractivity contribution is -0.0914. The van der Waals surface area contributed by atoms with Gasteiger partial charge in [0.15, 0.2) is 6.29 Å². The van der Waals surface area contributed by atoms with Gasteiger partial charge in [0.25, 0.3) is 5.78 Å². The van der Waals surface area contributed by atoms with Gasteiger partial charge in [-0.1, -0.05) is 0 Å². The molecule has 92 valence electrons. The molecule has 17 heavy (non-hydrogen) atoms. The lowest BCUT2D eigenvalue weighted by Gasteiger charge is -2.15. The first-order valence-corrected chi connectivity index (χ1v) is 5.21. The van der Waals surface area contributed by atoms with Gasteiger partial charge < -0.3 is 14.8 Å². The fourth-order valence-electron chi connectivity index (χ4n) is 1.51. The first kappa shape index (κ1) is 11.7. The van der Waals surface area contributed by atoms with E-state index in [1.54, 1.807) is 18.7 Å². The molecule has 0 amide bonds. The summed E-state index contributed by atoms with van der Waals surface area (Å²) in [6, 6.07) is 1.89. The zero-order chi connectivity index (χ0) is 12.3. The molecule has 0 saturated carbocycles. The van der Waals surface area contributed by atoms with Crippen molar-refractivity contribution in [3.05, 3.63) is 18.1 Å². The van der Waals surface area contributed by atoms with Crippen LogP contribution < -0.4 is 5.32 Å². The van der Waals surface area contributed by atoms with E-state index in [1.165, 1.54) is 6.33 Å². The summed E-state index contributed by atoms with van der Waals surface area (Å²) in [5.41, 5.74) is 0.874. The Morgan fingerprint density at radius 3 is 2.88 bits per heavy atom. The fraction of sp³-hybridized carbons (Fsp3) is 0.500. The minimum Gasteiger partial charge on any atom is -0.365 e. The van der Waals surface area contributed by atoms with Crippen molar-refractivity contribution < 1.29 is 9.47 Å². The Kier molecular flexibility index (Phi) is 3.50. The van der Waals surface area contributed by atoms with Crippen molar-refractivity contribution in [1.29, 1.82) is 0 Å². The van der Waals surface area contributed by atoms with Gasteiger partial charge in [0, 0.05) is 26.0 Å². The monoisotopic (exact) mass is 237 g/mol. The van der Waals surface area contributed by atoms with Crippen LogP contribution in [0, 0.1) is 6.92 Å². The smallest absolute Gasteiger partial charge is 0.254 e. The standard InChI is InChI=1S/C10H15N5O2/c1-7-4-8(11-5-9(16-2)17-3)15-10(14-7)12-6-13-15/h4,6,9,11H,5H2,1-3H3. The maximum atomic E-state index is 5.10. The molecule has 0 aliphatic rings. The van der Waals surface area contributed by atoms with Gasteiger partial charge in [-0.2, -0.15) is 14.6 Å². The number of nitrogens with zero attached hydrogens (tertiary/aromatic N) is 4. The molecular formula is C10H15N5O2. The molecule has 0 spiro atoms. The van der Waals surface area contributed by atoms with E-state index in [-0.39, 0.29) is 6.29 Å². The van der Waals surface area contributed by atoms with Crippen LogP contribution in [0.15, 0.2) is 12.4 Å². The highest BCUT2D eigenvalue weighted by Crippen LogP contribution is 2.10. The summed E-state index contributed by atoms with van der Waals surface area (Å²) in [5.74, 6) is 1.38. The molecule has 0 aliphatic heterocycles. The molecule has 2 aromatic rings. The SMILES string of the molecule is COC(CNc1cc(C)nc2ncnn12)OC. The van der Waals surface area contributed by atoms with Crippen LogP contribution in [-0.4, -0.2) is 46.6 Å². The molecule has 0 aromatic carbocycles. The van der Waals surface area contributed by atoms with E-state index in [0.717, 1.165) is 11.5 Å². The van der Waals surface area contributed by atoms with Gasteiger partial charge in [-0.15, -0.1) is 0 Å². The Morgan fingerprint density at radius 2 is 2.18 bits per heavy atom. The van der Waals surface area contributed by atoms with Gasteiger partial charge in [-0.3, -0.25) is 0 Å². The largest absolute Gasteiger partial charge is 0.365 e. The molecule has 0 saturated heterocycles. The van der Waals surface area contributed by atoms with E-state index in [4.69, 9.17) is 9.47 Å². The number of methoxy groups -OCH3 is 2. The van der Waals surface area contributed by atoms with Crippen LogP contribution in [0.2, 0.25) is 0 Å². The molecule has 2 heterocycles. The molecule has 0 atom stereocenters. The highest BCUT2D eigenvalue weighted by atomic mass is 16.7. The van der Waals surface area contributed by atoms with Crippen molar-refractivity contribution in [3.63, 3.8) is 0 Å². The number of aryl methyl sites for hydroxylation is 1. The summed E-state index contributed by atoms with van der Waals surface area (Å²) in [7, 11) is 3.19. The maximum absolute atomic E-state index is 5.10. The first-order chi connectivity index (χ1) is 8.24. The molecule has 0 aliphatic carbocycles. The average Bonchev–Trinajstić information content (AvgIpc) is 2.78. The van der Waals surface area contributed by atoms with E-state index in [9.17, 15) is 0 Å². The Bertz CT molecular complexity index is 494. The van der Waals surface area contributed by atoms with Crippen molar-refractivity contribution in [3.8, 4) is 0 Å². The third kappa shape index (κ3) is 2.51. The maximum Gasteiger partial charge on any atom is 0.254 e. The molecule has 1 N–H and O–H groups in total. The second kappa shape index (κ2) is 5.07. The highest BCUT2D eigenvalue weighted by molar-refractivity contribution is 5.44. The van der Waals surface area contributed by atoms with Crippen molar-refractivity contribution in [2.75, 3.05) is 26.1 Å². The van der Waals surface area contributed by atoms with Crippen LogP contribution in [0.5, 0.6) is 0 Å². The minimum atomic E-state index is -0.304. The Morgan fingerprint density at radius 1 is 1.41 bits per heavy atom. The molecule has 2 aromatic heterocycles. The van der Waals surface area contributed by atoms with Crippen LogP contribution in [0.1, 0.15) is 5.69 Å². The number of hydrogen-bond acceptors (Lipinski definition) is 6. The molecule has 0 bridgehead atoms. The molecule has 7 heteroatoms. The van der Waals surface area contributed by atoms with Gasteiger partial charge in [0.1, 0.15) is 12.1 Å². The van der Waals surface area contributed by atoms with Crippen LogP contribution >= 0.6 is 0 Å². The number of fused-ring (bicyclic) bond motifs is 1. The van der Waals surface area contributed by atoms with Crippen molar-refractivity contribution >= 4 is 11.6 Å². The van der Waals surface area contributed by atoms with E-state index in [2.05, 4.69) is 20.4 Å². The van der Waals surface area contributed by atoms with Crippen LogP contribution in [-0.2, 0) is 9.47 Å². The summed E-state index contributed by atoms with van der Waals surface area (Å²) in [6.45, 7) is 2.43. The van der Waals surface area contributed by atoms with E-state index in [1.807, 2.05) is 13.0 Å². The lowest BCUT2D eigenvalue weighted by atomic mass is 10.4. The summed E-state index contributed by atoms with van der Waals surface area (Å²) < 4.78 is 11.8. The lowest BCUT2D eigenvalue weighted by Crippen LogP contribution is -2.24. The van der Waals surface area contributed by atoms with E-state index < -0.39 is 0 Å². The Balaban J connectivity index is 2.20. The number of aromatic nitrogens is 4. The first-order valence-electron chi connectivity index (χ1n) is 5.21. The van der Waals surface area contributed by atoms with E-state index >= 15 is 0 Å². The summed E-state index contributed by atoms with van der Waals surface area (Å²) in [4.78, 5) is 8.30. The number of anilines is 1. The Labute approximate surface area is 98.8 Å². The Hall–Kier alpha value is -1.73. The normalized spacial score (nSPS) is 11.3. The van der Waals surface area contributed by atoms with Crippen LogP contribution in [0.4, 0.5) is 5.82 Å². The number of hydrogen-bond donors (Lipinski definition) is 1. The molecular weight excluding hydrogens is 222 g/mol. The zero-order valence-corrected chi connectivity index (χ0v) is 10.0. The number of nitrogens with one attached hydrogen (secondary N) is 1. The molecule has 0 fully saturated rings. The van der Waals surface area contributed by atoms with Gasteiger partial charge in [-0.05, 0) is 6.92 Å². The third-order valence-electron chi connectivity index (χ3n) is 2.36. The van der Waals surface area contributed by atoms with Gasteiger partial charge >= 0.3 is 0 Å². The van der Waals surface area contributed by atoms with Gasteiger partial charge in [0.05, 0.1) is 6.54 Å². The predicted molar refractivity (Wildman–Crippen MR) is 61.8 cm³/mol. The minimum absolute atomic E-state index is 0.304. The predicted octanol–water partition coefficient (Wildman–Crippen LogP) is 0.464. The topological polar surface area (TPSA) is 73.6 Å². The highest BCUT2D eigenvalue weighted by Gasteiger charge is 2.08. The molecule has 2 rings (SSSR count). The van der Waals surface area contributed by atoms with Crippen molar-refractivity contribution in [2.45, 2.75) is 13.2 Å². The second-order valence-electron chi connectivity index (χ2n) is 3.54. The summed E-state index contributed by atoms with van der Waals surface area (Å²) in [6.07, 6.45) is 1.17. The molecule has 0 unspecified atom stereocenters. The summed E-state index contributed by atoms with van der Waals surface area (Å²) >= 11 is 0. The van der Waals surface area contributed by atoms with Crippen LogP contribution in [0.25, 0.3) is 5.78 Å². The fourth-order valence-corrected chi connectivity index (χ4v) is 1.51. The third-order valence-corrected chi connectivity index (χ3v) is 2.36. The summed E-state index contributed by atoms with van der Waals surface area (Å²) in [5, 5.41) is 7.28. The van der Waals surface area contributed by atoms with Crippen molar-refractivity contribution in [2.24, 2.45) is 0 Å². The second-order valence-corrected chi connectivity index (χ2v) is 3.54.